The molecule has 0 aliphatic heterocycles. The monoisotopic (exact) mass is 285 g/mol. The fraction of sp³-hybridized carbons (Fsp3) is 1.00. The van der Waals surface area contributed by atoms with Gasteiger partial charge >= 0.3 is 0 Å². The molecule has 0 aromatic heterocycles. The van der Waals surface area contributed by atoms with Gasteiger partial charge in [-0.2, -0.15) is 0 Å². The summed E-state index contributed by atoms with van der Waals surface area (Å²) in [5.41, 5.74) is 0. The van der Waals surface area contributed by atoms with Crippen molar-refractivity contribution < 1.29 is 9.84 Å². The zero-order valence-electron chi connectivity index (χ0n) is 13.7. The molecule has 0 heterocycles. The third-order valence-electron chi connectivity index (χ3n) is 4.41. The van der Waals surface area contributed by atoms with Gasteiger partial charge in [0.05, 0.1) is 12.7 Å². The lowest BCUT2D eigenvalue weighted by molar-refractivity contribution is 0.0323. The van der Waals surface area contributed by atoms with Crippen LogP contribution in [0.3, 0.4) is 0 Å². The van der Waals surface area contributed by atoms with Crippen LogP contribution in [-0.4, -0.2) is 37.0 Å². The van der Waals surface area contributed by atoms with Gasteiger partial charge in [-0.25, -0.2) is 0 Å². The molecule has 20 heavy (non-hydrogen) atoms. The highest BCUT2D eigenvalue weighted by Crippen LogP contribution is 2.26. The number of rotatable bonds is 10. The van der Waals surface area contributed by atoms with E-state index in [9.17, 15) is 5.11 Å². The van der Waals surface area contributed by atoms with Crippen molar-refractivity contribution in [2.45, 2.75) is 77.9 Å². The van der Waals surface area contributed by atoms with Crippen LogP contribution in [0.4, 0.5) is 0 Å². The molecule has 3 nitrogen and oxygen atoms in total. The SMILES string of the molecule is CC(C)CCCOCC(O)CN[C@H](C)C1CCCCC1. The van der Waals surface area contributed by atoms with Crippen molar-refractivity contribution in [1.82, 2.24) is 5.32 Å². The fourth-order valence-corrected chi connectivity index (χ4v) is 2.99. The van der Waals surface area contributed by atoms with Gasteiger partial charge in [0.1, 0.15) is 0 Å². The van der Waals surface area contributed by atoms with Crippen LogP contribution in [-0.2, 0) is 4.74 Å². The van der Waals surface area contributed by atoms with Crippen molar-refractivity contribution in [3.63, 3.8) is 0 Å². The van der Waals surface area contributed by atoms with Gasteiger partial charge in [0.2, 0.25) is 0 Å². The Morgan fingerprint density at radius 1 is 1.15 bits per heavy atom. The summed E-state index contributed by atoms with van der Waals surface area (Å²) in [6.07, 6.45) is 8.75. The smallest absolute Gasteiger partial charge is 0.0897 e. The second-order valence-electron chi connectivity index (χ2n) is 6.86. The number of nitrogens with one attached hydrogen (secondary N) is 1. The van der Waals surface area contributed by atoms with Crippen LogP contribution < -0.4 is 5.32 Å². The molecule has 0 radical (unpaired) electrons. The Morgan fingerprint density at radius 3 is 2.50 bits per heavy atom. The summed E-state index contributed by atoms with van der Waals surface area (Å²) < 4.78 is 5.53. The Hall–Kier alpha value is -0.120. The molecule has 1 aliphatic rings. The predicted molar refractivity (Wildman–Crippen MR) is 84.9 cm³/mol. The molecule has 1 rings (SSSR count). The number of hydrogen-bond acceptors (Lipinski definition) is 3. The molecule has 1 fully saturated rings. The maximum absolute atomic E-state index is 9.92. The van der Waals surface area contributed by atoms with Gasteiger partial charge in [-0.05, 0) is 44.4 Å². The first-order valence-corrected chi connectivity index (χ1v) is 8.58. The van der Waals surface area contributed by atoms with Crippen molar-refractivity contribution in [1.29, 1.82) is 0 Å². The van der Waals surface area contributed by atoms with Crippen molar-refractivity contribution in [3.8, 4) is 0 Å². The van der Waals surface area contributed by atoms with Gasteiger partial charge in [0, 0.05) is 19.2 Å². The van der Waals surface area contributed by atoms with E-state index in [1.165, 1.54) is 38.5 Å². The highest BCUT2D eigenvalue weighted by molar-refractivity contribution is 4.76. The normalized spacial score (nSPS) is 20.2. The van der Waals surface area contributed by atoms with E-state index in [1.807, 2.05) is 0 Å². The maximum Gasteiger partial charge on any atom is 0.0897 e. The van der Waals surface area contributed by atoms with E-state index in [4.69, 9.17) is 4.74 Å². The molecule has 1 saturated carbocycles. The summed E-state index contributed by atoms with van der Waals surface area (Å²) in [5.74, 6) is 1.53. The summed E-state index contributed by atoms with van der Waals surface area (Å²) in [5, 5.41) is 13.4. The first kappa shape index (κ1) is 17.9. The van der Waals surface area contributed by atoms with Crippen molar-refractivity contribution in [2.75, 3.05) is 19.8 Å². The average molecular weight is 285 g/mol. The Balaban J connectivity index is 1.99. The lowest BCUT2D eigenvalue weighted by Crippen LogP contribution is -2.40. The van der Waals surface area contributed by atoms with Crippen molar-refractivity contribution in [3.05, 3.63) is 0 Å². The number of aliphatic hydroxyl groups excluding tert-OH is 1. The molecule has 1 aliphatic carbocycles. The zero-order chi connectivity index (χ0) is 14.8. The van der Waals surface area contributed by atoms with E-state index >= 15 is 0 Å². The number of aliphatic hydroxyl groups is 1. The van der Waals surface area contributed by atoms with E-state index in [0.29, 0.717) is 19.2 Å². The molecule has 0 spiro atoms. The van der Waals surface area contributed by atoms with Gasteiger partial charge in [0.15, 0.2) is 0 Å². The Kier molecular flexibility index (Phi) is 9.49. The Labute approximate surface area is 125 Å². The Bertz CT molecular complexity index is 227. The minimum Gasteiger partial charge on any atom is -0.389 e. The van der Waals surface area contributed by atoms with E-state index in [-0.39, 0.29) is 6.10 Å². The van der Waals surface area contributed by atoms with Crippen molar-refractivity contribution in [2.24, 2.45) is 11.8 Å². The summed E-state index contributed by atoms with van der Waals surface area (Å²) >= 11 is 0. The van der Waals surface area contributed by atoms with Gasteiger partial charge in [-0.1, -0.05) is 33.1 Å². The highest BCUT2D eigenvalue weighted by atomic mass is 16.5. The zero-order valence-corrected chi connectivity index (χ0v) is 13.7. The largest absolute Gasteiger partial charge is 0.389 e. The standard InChI is InChI=1S/C17H35NO2/c1-14(2)8-7-11-20-13-17(19)12-18-15(3)16-9-5-4-6-10-16/h14-19H,4-13H2,1-3H3/t15-,17?/m1/s1. The molecule has 2 atom stereocenters. The molecule has 0 amide bonds. The minimum atomic E-state index is -0.375. The summed E-state index contributed by atoms with van der Waals surface area (Å²) in [6.45, 7) is 8.60. The summed E-state index contributed by atoms with van der Waals surface area (Å²) in [4.78, 5) is 0. The molecule has 0 aromatic carbocycles. The molecular formula is C17H35NO2. The van der Waals surface area contributed by atoms with Gasteiger partial charge in [-0.15, -0.1) is 0 Å². The Morgan fingerprint density at radius 2 is 1.85 bits per heavy atom. The minimum absolute atomic E-state index is 0.375. The van der Waals surface area contributed by atoms with Crippen LogP contribution in [0.5, 0.6) is 0 Å². The van der Waals surface area contributed by atoms with Crippen LogP contribution in [0.2, 0.25) is 0 Å². The lowest BCUT2D eigenvalue weighted by Gasteiger charge is -2.29. The molecule has 2 N–H and O–H groups in total. The molecule has 1 unspecified atom stereocenters. The topological polar surface area (TPSA) is 41.5 Å². The first-order chi connectivity index (χ1) is 9.59. The second-order valence-corrected chi connectivity index (χ2v) is 6.86. The van der Waals surface area contributed by atoms with Crippen LogP contribution in [0.25, 0.3) is 0 Å². The van der Waals surface area contributed by atoms with Crippen LogP contribution in [0, 0.1) is 11.8 Å². The summed E-state index contributed by atoms with van der Waals surface area (Å²) in [7, 11) is 0. The molecular weight excluding hydrogens is 250 g/mol. The molecule has 120 valence electrons. The molecule has 3 heteroatoms. The van der Waals surface area contributed by atoms with E-state index in [1.54, 1.807) is 0 Å². The molecule has 0 bridgehead atoms. The third-order valence-corrected chi connectivity index (χ3v) is 4.41. The van der Waals surface area contributed by atoms with Gasteiger partial charge in [-0.3, -0.25) is 0 Å². The van der Waals surface area contributed by atoms with Crippen molar-refractivity contribution >= 4 is 0 Å². The first-order valence-electron chi connectivity index (χ1n) is 8.58. The quantitative estimate of drug-likeness (QED) is 0.605. The van der Waals surface area contributed by atoms with Gasteiger partial charge in [0.25, 0.3) is 0 Å². The molecule has 0 aromatic rings. The second kappa shape index (κ2) is 10.6. The highest BCUT2D eigenvalue weighted by Gasteiger charge is 2.20. The van der Waals surface area contributed by atoms with Gasteiger partial charge < -0.3 is 15.2 Å². The van der Waals surface area contributed by atoms with E-state index < -0.39 is 0 Å². The van der Waals surface area contributed by atoms with Crippen LogP contribution in [0.1, 0.15) is 65.7 Å². The predicted octanol–water partition coefficient (Wildman–Crippen LogP) is 3.36. The molecule has 0 saturated heterocycles. The van der Waals surface area contributed by atoms with Crippen LogP contribution in [0.15, 0.2) is 0 Å². The van der Waals surface area contributed by atoms with Crippen LogP contribution >= 0.6 is 0 Å². The van der Waals surface area contributed by atoms with E-state index in [2.05, 4.69) is 26.1 Å². The fourth-order valence-electron chi connectivity index (χ4n) is 2.99. The third kappa shape index (κ3) is 8.23. The van der Waals surface area contributed by atoms with E-state index in [0.717, 1.165) is 24.9 Å². The number of ether oxygens (including phenoxy) is 1. The maximum atomic E-state index is 9.92. The lowest BCUT2D eigenvalue weighted by atomic mass is 9.84. The average Bonchev–Trinajstić information content (AvgIpc) is 2.45. The summed E-state index contributed by atoms with van der Waals surface area (Å²) in [6, 6.07) is 0.519. The number of hydrogen-bond donors (Lipinski definition) is 2.